The molecule has 0 saturated heterocycles. The molecule has 0 amide bonds. The maximum Gasteiger partial charge on any atom is 0.0837 e. The Kier molecular flexibility index (Phi) is 2.55. The van der Waals surface area contributed by atoms with Crippen molar-refractivity contribution in [1.82, 2.24) is 4.57 Å². The van der Waals surface area contributed by atoms with Crippen molar-refractivity contribution < 1.29 is 0 Å². The predicted octanol–water partition coefficient (Wildman–Crippen LogP) is 3.05. The standard InChI is InChI=1S/C13H13N/c1-2-3-6-10-14-11-9-12-7-4-5-8-13(12)14/h4-5,7-9,11H,2,10H2,1H3. The molecule has 0 saturated carbocycles. The van der Waals surface area contributed by atoms with Gasteiger partial charge in [-0.3, -0.25) is 0 Å². The summed E-state index contributed by atoms with van der Waals surface area (Å²) in [7, 11) is 0. The van der Waals surface area contributed by atoms with Gasteiger partial charge in [-0.2, -0.15) is 0 Å². The Morgan fingerprint density at radius 1 is 1.14 bits per heavy atom. The maximum absolute atomic E-state index is 3.14. The van der Waals surface area contributed by atoms with Crippen LogP contribution in [0.1, 0.15) is 13.3 Å². The monoisotopic (exact) mass is 183 g/mol. The highest BCUT2D eigenvalue weighted by molar-refractivity contribution is 5.79. The van der Waals surface area contributed by atoms with Crippen molar-refractivity contribution >= 4 is 10.9 Å². The number of rotatable bonds is 1. The number of fused-ring (bicyclic) bond motifs is 1. The van der Waals surface area contributed by atoms with Gasteiger partial charge in [-0.15, -0.1) is 5.92 Å². The van der Waals surface area contributed by atoms with E-state index in [1.54, 1.807) is 0 Å². The molecule has 1 heterocycles. The minimum atomic E-state index is 0.793. The molecule has 1 nitrogen and oxygen atoms in total. The van der Waals surface area contributed by atoms with Crippen molar-refractivity contribution in [2.24, 2.45) is 0 Å². The van der Waals surface area contributed by atoms with Crippen LogP contribution in [0, 0.1) is 11.8 Å². The van der Waals surface area contributed by atoms with Crippen molar-refractivity contribution in [3.05, 3.63) is 36.5 Å². The Labute approximate surface area is 84.4 Å². The molecule has 0 radical (unpaired) electrons. The molecule has 0 N–H and O–H groups in total. The molecule has 70 valence electrons. The quantitative estimate of drug-likeness (QED) is 0.599. The fourth-order valence-electron chi connectivity index (χ4n) is 1.54. The smallest absolute Gasteiger partial charge is 0.0837 e. The van der Waals surface area contributed by atoms with Crippen LogP contribution < -0.4 is 0 Å². The third-order valence-corrected chi connectivity index (χ3v) is 2.23. The van der Waals surface area contributed by atoms with Gasteiger partial charge in [-0.25, -0.2) is 0 Å². The molecular formula is C13H13N. The number of hydrogen-bond acceptors (Lipinski definition) is 0. The van der Waals surface area contributed by atoms with Gasteiger partial charge in [0.1, 0.15) is 0 Å². The van der Waals surface area contributed by atoms with Crippen molar-refractivity contribution in [2.45, 2.75) is 19.9 Å². The minimum absolute atomic E-state index is 0.793. The van der Waals surface area contributed by atoms with E-state index in [1.807, 2.05) is 0 Å². The van der Waals surface area contributed by atoms with Crippen LogP contribution in [0.4, 0.5) is 0 Å². The third kappa shape index (κ3) is 1.65. The second-order valence-corrected chi connectivity index (χ2v) is 3.21. The molecule has 0 fully saturated rings. The van der Waals surface area contributed by atoms with Crippen LogP contribution in [0.2, 0.25) is 0 Å². The van der Waals surface area contributed by atoms with Crippen LogP contribution in [-0.2, 0) is 6.54 Å². The summed E-state index contributed by atoms with van der Waals surface area (Å²) >= 11 is 0. The van der Waals surface area contributed by atoms with Crippen molar-refractivity contribution in [1.29, 1.82) is 0 Å². The summed E-state index contributed by atoms with van der Waals surface area (Å²) in [6, 6.07) is 10.5. The van der Waals surface area contributed by atoms with E-state index in [0.717, 1.165) is 13.0 Å². The van der Waals surface area contributed by atoms with Gasteiger partial charge in [0.15, 0.2) is 0 Å². The Balaban J connectivity index is 2.34. The Hall–Kier alpha value is -1.68. The number of nitrogens with zero attached hydrogens (tertiary/aromatic N) is 1. The average Bonchev–Trinajstić information content (AvgIpc) is 2.63. The molecule has 1 aromatic carbocycles. The van der Waals surface area contributed by atoms with Crippen LogP contribution >= 0.6 is 0 Å². The zero-order valence-electron chi connectivity index (χ0n) is 8.33. The van der Waals surface area contributed by atoms with Gasteiger partial charge in [-0.1, -0.05) is 31.0 Å². The molecule has 1 aromatic heterocycles. The van der Waals surface area contributed by atoms with Crippen LogP contribution in [0.15, 0.2) is 36.5 Å². The number of benzene rings is 1. The van der Waals surface area contributed by atoms with Gasteiger partial charge in [0.05, 0.1) is 6.54 Å². The molecule has 14 heavy (non-hydrogen) atoms. The SMILES string of the molecule is CCC#CCn1ccc2ccccc21. The molecule has 0 spiro atoms. The zero-order chi connectivity index (χ0) is 9.80. The van der Waals surface area contributed by atoms with Gasteiger partial charge in [0, 0.05) is 18.1 Å². The molecule has 1 heteroatoms. The summed E-state index contributed by atoms with van der Waals surface area (Å²) in [4.78, 5) is 0. The molecule has 0 aliphatic carbocycles. The van der Waals surface area contributed by atoms with E-state index < -0.39 is 0 Å². The van der Waals surface area contributed by atoms with E-state index in [-0.39, 0.29) is 0 Å². The van der Waals surface area contributed by atoms with E-state index in [1.165, 1.54) is 10.9 Å². The first-order chi connectivity index (χ1) is 6.92. The van der Waals surface area contributed by atoms with E-state index in [2.05, 4.69) is 59.9 Å². The van der Waals surface area contributed by atoms with E-state index in [0.29, 0.717) is 0 Å². The molecule has 0 bridgehead atoms. The lowest BCUT2D eigenvalue weighted by atomic mass is 10.2. The lowest BCUT2D eigenvalue weighted by molar-refractivity contribution is 0.884. The second kappa shape index (κ2) is 4.02. The molecule has 0 aliphatic heterocycles. The first-order valence-corrected chi connectivity index (χ1v) is 4.91. The number of aromatic nitrogens is 1. The molecule has 0 atom stereocenters. The van der Waals surface area contributed by atoms with Gasteiger partial charge >= 0.3 is 0 Å². The molecular weight excluding hydrogens is 170 g/mol. The highest BCUT2D eigenvalue weighted by Gasteiger charge is 1.96. The van der Waals surface area contributed by atoms with Crippen LogP contribution in [0.5, 0.6) is 0 Å². The van der Waals surface area contributed by atoms with E-state index >= 15 is 0 Å². The molecule has 0 aliphatic rings. The van der Waals surface area contributed by atoms with E-state index in [4.69, 9.17) is 0 Å². The molecule has 2 aromatic rings. The Morgan fingerprint density at radius 2 is 2.00 bits per heavy atom. The normalized spacial score (nSPS) is 9.79. The van der Waals surface area contributed by atoms with Crippen molar-refractivity contribution in [3.63, 3.8) is 0 Å². The lowest BCUT2D eigenvalue weighted by Gasteiger charge is -1.98. The number of para-hydroxylation sites is 1. The second-order valence-electron chi connectivity index (χ2n) is 3.21. The Morgan fingerprint density at radius 3 is 2.86 bits per heavy atom. The van der Waals surface area contributed by atoms with Crippen LogP contribution in [0.3, 0.4) is 0 Å². The first-order valence-electron chi connectivity index (χ1n) is 4.91. The maximum atomic E-state index is 3.14. The zero-order valence-corrected chi connectivity index (χ0v) is 8.33. The van der Waals surface area contributed by atoms with Crippen molar-refractivity contribution in [2.75, 3.05) is 0 Å². The summed E-state index contributed by atoms with van der Waals surface area (Å²) < 4.78 is 2.18. The topological polar surface area (TPSA) is 4.93 Å². The van der Waals surface area contributed by atoms with Gasteiger partial charge in [-0.05, 0) is 17.5 Å². The summed E-state index contributed by atoms with van der Waals surface area (Å²) in [5.74, 6) is 6.22. The van der Waals surface area contributed by atoms with Crippen LogP contribution in [0.25, 0.3) is 10.9 Å². The van der Waals surface area contributed by atoms with Crippen LogP contribution in [-0.4, -0.2) is 4.57 Å². The van der Waals surface area contributed by atoms with Gasteiger partial charge in [0.2, 0.25) is 0 Å². The highest BCUT2D eigenvalue weighted by Crippen LogP contribution is 2.14. The molecule has 0 unspecified atom stereocenters. The fraction of sp³-hybridized carbons (Fsp3) is 0.231. The van der Waals surface area contributed by atoms with E-state index in [9.17, 15) is 0 Å². The molecule has 2 rings (SSSR count). The third-order valence-electron chi connectivity index (χ3n) is 2.23. The lowest BCUT2D eigenvalue weighted by Crippen LogP contribution is -1.92. The van der Waals surface area contributed by atoms with Gasteiger partial charge in [0.25, 0.3) is 0 Å². The summed E-state index contributed by atoms with van der Waals surface area (Å²) in [5.41, 5.74) is 1.26. The average molecular weight is 183 g/mol. The number of hydrogen-bond donors (Lipinski definition) is 0. The summed E-state index contributed by atoms with van der Waals surface area (Å²) in [5, 5.41) is 1.28. The Bertz CT molecular complexity index is 482. The highest BCUT2D eigenvalue weighted by atomic mass is 14.9. The first kappa shape index (κ1) is 8.90. The summed E-state index contributed by atoms with van der Waals surface area (Å²) in [6.45, 7) is 2.86. The largest absolute Gasteiger partial charge is 0.336 e. The minimum Gasteiger partial charge on any atom is -0.336 e. The predicted molar refractivity (Wildman–Crippen MR) is 60.0 cm³/mol. The van der Waals surface area contributed by atoms with Crippen molar-refractivity contribution in [3.8, 4) is 11.8 Å². The fourth-order valence-corrected chi connectivity index (χ4v) is 1.54. The summed E-state index contributed by atoms with van der Waals surface area (Å²) in [6.07, 6.45) is 3.02. The van der Waals surface area contributed by atoms with Gasteiger partial charge < -0.3 is 4.57 Å².